The summed E-state index contributed by atoms with van der Waals surface area (Å²) < 4.78 is 0. The van der Waals surface area contributed by atoms with Crippen LogP contribution in [0.3, 0.4) is 0 Å². The topological polar surface area (TPSA) is 108 Å². The van der Waals surface area contributed by atoms with Crippen LogP contribution in [0.2, 0.25) is 0 Å². The van der Waals surface area contributed by atoms with Crippen molar-refractivity contribution < 1.29 is 4.92 Å². The van der Waals surface area contributed by atoms with Gasteiger partial charge in [0, 0.05) is 18.5 Å². The summed E-state index contributed by atoms with van der Waals surface area (Å²) in [7, 11) is 0. The lowest BCUT2D eigenvalue weighted by Gasteiger charge is -2.05. The van der Waals surface area contributed by atoms with E-state index < -0.39 is 4.92 Å². The van der Waals surface area contributed by atoms with Crippen LogP contribution in [-0.2, 0) is 6.54 Å². The minimum atomic E-state index is -0.523. The van der Waals surface area contributed by atoms with Crippen molar-refractivity contribution in [3.63, 3.8) is 0 Å². The summed E-state index contributed by atoms with van der Waals surface area (Å²) in [5.41, 5.74) is 0.487. The lowest BCUT2D eigenvalue weighted by molar-refractivity contribution is -0.384. The molecule has 0 spiro atoms. The van der Waals surface area contributed by atoms with Gasteiger partial charge in [-0.15, -0.1) is 0 Å². The SMILES string of the molecule is N#Cc1ccc(NCc2ncc[nH]2)c([N+](=O)[O-])c1. The van der Waals surface area contributed by atoms with Crippen LogP contribution in [-0.4, -0.2) is 14.9 Å². The van der Waals surface area contributed by atoms with E-state index in [9.17, 15) is 10.1 Å². The second-order valence-corrected chi connectivity index (χ2v) is 3.49. The number of benzene rings is 1. The Hall–Kier alpha value is -2.88. The van der Waals surface area contributed by atoms with Crippen molar-refractivity contribution in [3.05, 3.63) is 52.1 Å². The Morgan fingerprint density at radius 1 is 1.56 bits per heavy atom. The van der Waals surface area contributed by atoms with Gasteiger partial charge in [-0.25, -0.2) is 4.98 Å². The van der Waals surface area contributed by atoms with Crippen LogP contribution in [0.4, 0.5) is 11.4 Å². The number of hydrogen-bond donors (Lipinski definition) is 2. The quantitative estimate of drug-likeness (QED) is 0.628. The molecule has 0 bridgehead atoms. The molecule has 0 saturated carbocycles. The van der Waals surface area contributed by atoms with E-state index >= 15 is 0 Å². The Balaban J connectivity index is 2.22. The van der Waals surface area contributed by atoms with Gasteiger partial charge in [0.1, 0.15) is 11.5 Å². The van der Waals surface area contributed by atoms with Gasteiger partial charge in [0.25, 0.3) is 5.69 Å². The van der Waals surface area contributed by atoms with Gasteiger partial charge < -0.3 is 10.3 Å². The molecule has 18 heavy (non-hydrogen) atoms. The van der Waals surface area contributed by atoms with Crippen LogP contribution in [0, 0.1) is 21.4 Å². The van der Waals surface area contributed by atoms with E-state index in [-0.39, 0.29) is 11.3 Å². The van der Waals surface area contributed by atoms with Gasteiger partial charge >= 0.3 is 0 Å². The molecular weight excluding hydrogens is 234 g/mol. The van der Waals surface area contributed by atoms with Gasteiger partial charge in [-0.1, -0.05) is 0 Å². The molecule has 2 rings (SSSR count). The van der Waals surface area contributed by atoms with Crippen molar-refractivity contribution in [1.29, 1.82) is 5.26 Å². The highest BCUT2D eigenvalue weighted by Crippen LogP contribution is 2.25. The van der Waals surface area contributed by atoms with Crippen molar-refractivity contribution in [2.24, 2.45) is 0 Å². The summed E-state index contributed by atoms with van der Waals surface area (Å²) in [5, 5.41) is 22.5. The van der Waals surface area contributed by atoms with Crippen LogP contribution in [0.1, 0.15) is 11.4 Å². The molecule has 1 aromatic heterocycles. The summed E-state index contributed by atoms with van der Waals surface area (Å²) in [4.78, 5) is 17.2. The minimum absolute atomic E-state index is 0.124. The minimum Gasteiger partial charge on any atom is -0.372 e. The lowest BCUT2D eigenvalue weighted by Crippen LogP contribution is -2.04. The van der Waals surface area contributed by atoms with Crippen molar-refractivity contribution >= 4 is 11.4 Å². The summed E-state index contributed by atoms with van der Waals surface area (Å²) in [6, 6.07) is 6.15. The van der Waals surface area contributed by atoms with Crippen LogP contribution >= 0.6 is 0 Å². The van der Waals surface area contributed by atoms with Crippen LogP contribution in [0.5, 0.6) is 0 Å². The molecule has 7 nitrogen and oxygen atoms in total. The number of anilines is 1. The third kappa shape index (κ3) is 2.44. The number of nitriles is 1. The Morgan fingerprint density at radius 2 is 2.39 bits per heavy atom. The van der Waals surface area contributed by atoms with Gasteiger partial charge in [0.05, 0.1) is 23.1 Å². The maximum atomic E-state index is 10.9. The standard InChI is InChI=1S/C11H9N5O2/c12-6-8-1-2-9(10(5-8)16(17)18)15-7-11-13-3-4-14-11/h1-5,15H,7H2,(H,13,14). The molecule has 0 amide bonds. The van der Waals surface area contributed by atoms with Gasteiger partial charge in [-0.05, 0) is 12.1 Å². The third-order valence-electron chi connectivity index (χ3n) is 2.32. The second-order valence-electron chi connectivity index (χ2n) is 3.49. The van der Waals surface area contributed by atoms with Gasteiger partial charge in [-0.2, -0.15) is 5.26 Å². The number of nitro groups is 1. The Bertz CT molecular complexity index is 600. The maximum absolute atomic E-state index is 10.9. The molecule has 0 fully saturated rings. The summed E-state index contributed by atoms with van der Waals surface area (Å²) in [6.45, 7) is 0.347. The summed E-state index contributed by atoms with van der Waals surface area (Å²) in [5.74, 6) is 0.675. The van der Waals surface area contributed by atoms with Gasteiger partial charge in [-0.3, -0.25) is 10.1 Å². The first kappa shape index (κ1) is 11.6. The molecule has 0 atom stereocenters. The number of hydrogen-bond acceptors (Lipinski definition) is 5. The van der Waals surface area contributed by atoms with E-state index in [0.717, 1.165) is 0 Å². The first-order valence-corrected chi connectivity index (χ1v) is 5.11. The van der Waals surface area contributed by atoms with E-state index in [1.807, 2.05) is 6.07 Å². The first-order chi connectivity index (χ1) is 8.70. The molecule has 2 N–H and O–H groups in total. The molecule has 1 heterocycles. The van der Waals surface area contributed by atoms with Crippen LogP contribution in [0.15, 0.2) is 30.6 Å². The van der Waals surface area contributed by atoms with E-state index in [0.29, 0.717) is 18.1 Å². The fourth-order valence-electron chi connectivity index (χ4n) is 1.48. The third-order valence-corrected chi connectivity index (χ3v) is 2.32. The second kappa shape index (κ2) is 4.97. The molecule has 7 heteroatoms. The van der Waals surface area contributed by atoms with E-state index in [2.05, 4.69) is 15.3 Å². The summed E-state index contributed by atoms with van der Waals surface area (Å²) >= 11 is 0. The number of rotatable bonds is 4. The van der Waals surface area contributed by atoms with Gasteiger partial charge in [0.15, 0.2) is 0 Å². The normalized spacial score (nSPS) is 9.72. The average molecular weight is 243 g/mol. The van der Waals surface area contributed by atoms with Crippen LogP contribution in [0.25, 0.3) is 0 Å². The zero-order valence-electron chi connectivity index (χ0n) is 9.25. The van der Waals surface area contributed by atoms with Crippen molar-refractivity contribution in [2.45, 2.75) is 6.54 Å². The molecule has 90 valence electrons. The fraction of sp³-hybridized carbons (Fsp3) is 0.0909. The Labute approximate surface area is 102 Å². The fourth-order valence-corrected chi connectivity index (χ4v) is 1.48. The lowest BCUT2D eigenvalue weighted by atomic mass is 10.2. The molecular formula is C11H9N5O2. The zero-order valence-corrected chi connectivity index (χ0v) is 9.25. The molecule has 0 unspecified atom stereocenters. The predicted octanol–water partition coefficient (Wildman–Crippen LogP) is 1.80. The molecule has 0 aliphatic rings. The number of H-pyrrole nitrogens is 1. The highest BCUT2D eigenvalue weighted by Gasteiger charge is 2.14. The number of aromatic amines is 1. The molecule has 0 radical (unpaired) electrons. The van der Waals surface area contributed by atoms with E-state index in [1.54, 1.807) is 12.4 Å². The van der Waals surface area contributed by atoms with Gasteiger partial charge in [0.2, 0.25) is 0 Å². The highest BCUT2D eigenvalue weighted by molar-refractivity contribution is 5.63. The molecule has 1 aromatic carbocycles. The van der Waals surface area contributed by atoms with Crippen molar-refractivity contribution in [1.82, 2.24) is 9.97 Å². The molecule has 2 aromatic rings. The number of nitrogens with one attached hydrogen (secondary N) is 2. The number of nitro benzene ring substituents is 1. The molecule has 0 saturated heterocycles. The maximum Gasteiger partial charge on any atom is 0.293 e. The Morgan fingerprint density at radius 3 is 3.00 bits per heavy atom. The Kier molecular flexibility index (Phi) is 3.20. The molecule has 0 aliphatic carbocycles. The van der Waals surface area contributed by atoms with Crippen molar-refractivity contribution in [2.75, 3.05) is 5.32 Å². The first-order valence-electron chi connectivity index (χ1n) is 5.11. The number of aromatic nitrogens is 2. The monoisotopic (exact) mass is 243 g/mol. The number of nitrogens with zero attached hydrogens (tertiary/aromatic N) is 3. The predicted molar refractivity (Wildman–Crippen MR) is 63.7 cm³/mol. The van der Waals surface area contributed by atoms with E-state index in [4.69, 9.17) is 5.26 Å². The van der Waals surface area contributed by atoms with E-state index in [1.165, 1.54) is 18.2 Å². The largest absolute Gasteiger partial charge is 0.372 e. The zero-order chi connectivity index (χ0) is 13.0. The van der Waals surface area contributed by atoms with Crippen LogP contribution < -0.4 is 5.32 Å². The molecule has 0 aliphatic heterocycles. The smallest absolute Gasteiger partial charge is 0.293 e. The van der Waals surface area contributed by atoms with Crippen molar-refractivity contribution in [3.8, 4) is 6.07 Å². The summed E-state index contributed by atoms with van der Waals surface area (Å²) in [6.07, 6.45) is 3.27. The average Bonchev–Trinajstić information content (AvgIpc) is 2.89. The highest BCUT2D eigenvalue weighted by atomic mass is 16.6. The number of imidazole rings is 1.